The predicted octanol–water partition coefficient (Wildman–Crippen LogP) is 2.38. The predicted molar refractivity (Wildman–Crippen MR) is 82.9 cm³/mol. The Morgan fingerprint density at radius 3 is 2.55 bits per heavy atom. The maximum absolute atomic E-state index is 12.4. The molecule has 4 nitrogen and oxygen atoms in total. The van der Waals surface area contributed by atoms with Gasteiger partial charge >= 0.3 is 0 Å². The van der Waals surface area contributed by atoms with Crippen molar-refractivity contribution in [3.63, 3.8) is 0 Å². The van der Waals surface area contributed by atoms with Gasteiger partial charge in [0.1, 0.15) is 5.75 Å². The monoisotopic (exact) mass is 340 g/mol. The summed E-state index contributed by atoms with van der Waals surface area (Å²) in [7, 11) is 0. The third-order valence-electron chi connectivity index (χ3n) is 3.62. The molecule has 0 aromatic heterocycles. The Balaban J connectivity index is 1.91. The van der Waals surface area contributed by atoms with Crippen LogP contribution < -0.4 is 4.74 Å². The lowest BCUT2D eigenvalue weighted by atomic mass is 10.2. The highest BCUT2D eigenvalue weighted by molar-refractivity contribution is 9.10. The molecule has 2 rings (SSSR count). The average Bonchev–Trinajstić information content (AvgIpc) is 2.49. The van der Waals surface area contributed by atoms with Crippen molar-refractivity contribution in [2.24, 2.45) is 0 Å². The SMILES string of the molecule is CCN1CCN(C(=O)[C@@H](C)Oc2ccccc2Br)CC1. The summed E-state index contributed by atoms with van der Waals surface area (Å²) in [6.45, 7) is 8.48. The lowest BCUT2D eigenvalue weighted by Gasteiger charge is -2.35. The average molecular weight is 341 g/mol. The van der Waals surface area contributed by atoms with Crippen molar-refractivity contribution in [2.75, 3.05) is 32.7 Å². The number of benzene rings is 1. The number of carbonyl (C=O) groups excluding carboxylic acids is 1. The van der Waals surface area contributed by atoms with Gasteiger partial charge in [0.25, 0.3) is 5.91 Å². The molecule has 1 aliphatic heterocycles. The molecule has 1 fully saturated rings. The topological polar surface area (TPSA) is 32.8 Å². The van der Waals surface area contributed by atoms with Gasteiger partial charge in [0.2, 0.25) is 0 Å². The fourth-order valence-electron chi connectivity index (χ4n) is 2.32. The molecule has 0 aliphatic carbocycles. The molecule has 0 bridgehead atoms. The van der Waals surface area contributed by atoms with Gasteiger partial charge in [-0.3, -0.25) is 4.79 Å². The van der Waals surface area contributed by atoms with E-state index >= 15 is 0 Å². The highest BCUT2D eigenvalue weighted by Crippen LogP contribution is 2.25. The Kier molecular flexibility index (Phi) is 5.43. The van der Waals surface area contributed by atoms with Crippen LogP contribution >= 0.6 is 15.9 Å². The van der Waals surface area contributed by atoms with E-state index in [4.69, 9.17) is 4.74 Å². The molecule has 5 heteroatoms. The van der Waals surface area contributed by atoms with E-state index in [-0.39, 0.29) is 5.91 Å². The van der Waals surface area contributed by atoms with Gasteiger partial charge in [-0.1, -0.05) is 19.1 Å². The van der Waals surface area contributed by atoms with Gasteiger partial charge in [-0.25, -0.2) is 0 Å². The molecular formula is C15H21BrN2O2. The van der Waals surface area contributed by atoms with Crippen LogP contribution in [0.2, 0.25) is 0 Å². The molecule has 0 unspecified atom stereocenters. The maximum atomic E-state index is 12.4. The van der Waals surface area contributed by atoms with Gasteiger partial charge < -0.3 is 14.5 Å². The number of halogens is 1. The molecule has 1 amide bonds. The summed E-state index contributed by atoms with van der Waals surface area (Å²) in [4.78, 5) is 16.6. The zero-order chi connectivity index (χ0) is 14.5. The molecule has 1 atom stereocenters. The minimum Gasteiger partial charge on any atom is -0.480 e. The highest BCUT2D eigenvalue weighted by Gasteiger charge is 2.25. The van der Waals surface area contributed by atoms with Gasteiger partial charge in [-0.2, -0.15) is 0 Å². The zero-order valence-electron chi connectivity index (χ0n) is 12.0. The second-order valence-electron chi connectivity index (χ2n) is 4.95. The summed E-state index contributed by atoms with van der Waals surface area (Å²) in [6.07, 6.45) is -0.457. The summed E-state index contributed by atoms with van der Waals surface area (Å²) >= 11 is 3.43. The number of nitrogens with zero attached hydrogens (tertiary/aromatic N) is 2. The number of piperazine rings is 1. The first-order valence-electron chi connectivity index (χ1n) is 7.04. The molecule has 1 aliphatic rings. The largest absolute Gasteiger partial charge is 0.480 e. The first-order chi connectivity index (χ1) is 9.61. The Morgan fingerprint density at radius 1 is 1.30 bits per heavy atom. The van der Waals surface area contributed by atoms with Crippen molar-refractivity contribution in [1.29, 1.82) is 0 Å². The standard InChI is InChI=1S/C15H21BrN2O2/c1-3-17-8-10-18(11-9-17)15(19)12(2)20-14-7-5-4-6-13(14)16/h4-7,12H,3,8-11H2,1-2H3/t12-/m1/s1. The molecule has 1 aromatic carbocycles. The lowest BCUT2D eigenvalue weighted by molar-refractivity contribution is -0.139. The van der Waals surface area contributed by atoms with Crippen LogP contribution in [0, 0.1) is 0 Å². The van der Waals surface area contributed by atoms with E-state index in [0.717, 1.165) is 37.2 Å². The van der Waals surface area contributed by atoms with Crippen molar-refractivity contribution < 1.29 is 9.53 Å². The number of hydrogen-bond donors (Lipinski definition) is 0. The summed E-state index contributed by atoms with van der Waals surface area (Å²) < 4.78 is 6.63. The summed E-state index contributed by atoms with van der Waals surface area (Å²) in [6, 6.07) is 7.60. The fraction of sp³-hybridized carbons (Fsp3) is 0.533. The Morgan fingerprint density at radius 2 is 1.95 bits per heavy atom. The number of para-hydroxylation sites is 1. The number of hydrogen-bond acceptors (Lipinski definition) is 3. The van der Waals surface area contributed by atoms with Crippen LogP contribution in [0.5, 0.6) is 5.75 Å². The van der Waals surface area contributed by atoms with Crippen molar-refractivity contribution in [3.05, 3.63) is 28.7 Å². The molecule has 110 valence electrons. The minimum atomic E-state index is -0.457. The smallest absolute Gasteiger partial charge is 0.263 e. The number of ether oxygens (including phenoxy) is 1. The second kappa shape index (κ2) is 7.09. The third-order valence-corrected chi connectivity index (χ3v) is 4.27. The number of amides is 1. The van der Waals surface area contributed by atoms with Gasteiger partial charge in [0.05, 0.1) is 4.47 Å². The number of rotatable bonds is 4. The first kappa shape index (κ1) is 15.3. The summed E-state index contributed by atoms with van der Waals surface area (Å²) in [5.74, 6) is 0.775. The Bertz CT molecular complexity index is 459. The molecular weight excluding hydrogens is 320 g/mol. The first-order valence-corrected chi connectivity index (χ1v) is 7.83. The van der Waals surface area contributed by atoms with Crippen LogP contribution in [-0.4, -0.2) is 54.5 Å². The van der Waals surface area contributed by atoms with Gasteiger partial charge in [0, 0.05) is 26.2 Å². The Labute approximate surface area is 128 Å². The van der Waals surface area contributed by atoms with E-state index < -0.39 is 6.10 Å². The molecule has 0 spiro atoms. The Hall–Kier alpha value is -1.07. The van der Waals surface area contributed by atoms with E-state index in [1.165, 1.54) is 0 Å². The van der Waals surface area contributed by atoms with Gasteiger partial charge in [0.15, 0.2) is 6.10 Å². The zero-order valence-corrected chi connectivity index (χ0v) is 13.6. The fourth-order valence-corrected chi connectivity index (χ4v) is 2.70. The van der Waals surface area contributed by atoms with Crippen LogP contribution in [-0.2, 0) is 4.79 Å². The maximum Gasteiger partial charge on any atom is 0.263 e. The molecule has 0 radical (unpaired) electrons. The van der Waals surface area contributed by atoms with E-state index in [1.807, 2.05) is 36.1 Å². The van der Waals surface area contributed by atoms with Crippen LogP contribution in [0.1, 0.15) is 13.8 Å². The van der Waals surface area contributed by atoms with Crippen LogP contribution in [0.4, 0.5) is 0 Å². The highest BCUT2D eigenvalue weighted by atomic mass is 79.9. The third kappa shape index (κ3) is 3.73. The second-order valence-corrected chi connectivity index (χ2v) is 5.80. The quantitative estimate of drug-likeness (QED) is 0.843. The van der Waals surface area contributed by atoms with E-state index in [1.54, 1.807) is 0 Å². The minimum absolute atomic E-state index is 0.0662. The number of carbonyl (C=O) groups is 1. The van der Waals surface area contributed by atoms with Crippen molar-refractivity contribution in [3.8, 4) is 5.75 Å². The molecule has 0 N–H and O–H groups in total. The molecule has 0 saturated carbocycles. The van der Waals surface area contributed by atoms with E-state index in [0.29, 0.717) is 5.75 Å². The van der Waals surface area contributed by atoms with Crippen LogP contribution in [0.25, 0.3) is 0 Å². The van der Waals surface area contributed by atoms with Gasteiger partial charge in [-0.15, -0.1) is 0 Å². The van der Waals surface area contributed by atoms with Crippen molar-refractivity contribution in [2.45, 2.75) is 20.0 Å². The lowest BCUT2D eigenvalue weighted by Crippen LogP contribution is -2.51. The van der Waals surface area contributed by atoms with Crippen molar-refractivity contribution in [1.82, 2.24) is 9.80 Å². The van der Waals surface area contributed by atoms with E-state index in [9.17, 15) is 4.79 Å². The summed E-state index contributed by atoms with van der Waals surface area (Å²) in [5.41, 5.74) is 0. The molecule has 1 saturated heterocycles. The molecule has 20 heavy (non-hydrogen) atoms. The summed E-state index contributed by atoms with van der Waals surface area (Å²) in [5, 5.41) is 0. The van der Waals surface area contributed by atoms with Crippen molar-refractivity contribution >= 4 is 21.8 Å². The molecule has 1 aromatic rings. The van der Waals surface area contributed by atoms with Gasteiger partial charge in [-0.05, 0) is 41.5 Å². The molecule has 1 heterocycles. The van der Waals surface area contributed by atoms with Crippen LogP contribution in [0.15, 0.2) is 28.7 Å². The normalized spacial score (nSPS) is 17.9. The van der Waals surface area contributed by atoms with E-state index in [2.05, 4.69) is 27.8 Å². The number of likely N-dealkylation sites (N-methyl/N-ethyl adjacent to an activating group) is 1. The van der Waals surface area contributed by atoms with Crippen LogP contribution in [0.3, 0.4) is 0 Å².